The first kappa shape index (κ1) is 5.16. The highest BCUT2D eigenvalue weighted by Gasteiger charge is 1.93. The Balaban J connectivity index is 2.48. The Morgan fingerprint density at radius 2 is 2.10 bits per heavy atom. The van der Waals surface area contributed by atoms with Crippen molar-refractivity contribution >= 4 is 0 Å². The molecule has 0 aromatic carbocycles. The minimum atomic E-state index is 0.866. The molecule has 0 amide bonds. The standard InChI is InChI=1S/C5H5N5/c1-5(7-2-6-1)10-3-8-9-4-10/h1-4H,(H,6,7). The SMILES string of the molecule is c1ncc(-n2cnnc2)[nH]1. The third-order valence-electron chi connectivity index (χ3n) is 1.18. The number of H-pyrrole nitrogens is 1. The fraction of sp³-hybridized carbons (Fsp3) is 0. The van der Waals surface area contributed by atoms with Crippen LogP contribution in [0.15, 0.2) is 25.2 Å². The van der Waals surface area contributed by atoms with Gasteiger partial charge in [-0.2, -0.15) is 0 Å². The van der Waals surface area contributed by atoms with E-state index in [9.17, 15) is 0 Å². The second kappa shape index (κ2) is 1.94. The van der Waals surface area contributed by atoms with Gasteiger partial charge in [-0.25, -0.2) is 4.98 Å². The number of hydrogen-bond acceptors (Lipinski definition) is 3. The predicted molar refractivity (Wildman–Crippen MR) is 33.5 cm³/mol. The Labute approximate surface area is 56.7 Å². The van der Waals surface area contributed by atoms with E-state index < -0.39 is 0 Å². The summed E-state index contributed by atoms with van der Waals surface area (Å²) in [7, 11) is 0. The summed E-state index contributed by atoms with van der Waals surface area (Å²) in [5.41, 5.74) is 0. The fourth-order valence-corrected chi connectivity index (χ4v) is 0.715. The molecule has 0 saturated carbocycles. The van der Waals surface area contributed by atoms with Crippen LogP contribution < -0.4 is 0 Å². The largest absolute Gasteiger partial charge is 0.331 e. The number of nitrogens with zero attached hydrogens (tertiary/aromatic N) is 4. The number of imidazole rings is 1. The molecule has 10 heavy (non-hydrogen) atoms. The number of aromatic nitrogens is 5. The smallest absolute Gasteiger partial charge is 0.136 e. The minimum absolute atomic E-state index is 0.866. The molecule has 2 heterocycles. The molecule has 2 rings (SSSR count). The average Bonchev–Trinajstić information content (AvgIpc) is 2.59. The van der Waals surface area contributed by atoms with Gasteiger partial charge in [0.2, 0.25) is 0 Å². The van der Waals surface area contributed by atoms with Crippen LogP contribution in [0.25, 0.3) is 5.82 Å². The van der Waals surface area contributed by atoms with Crippen LogP contribution in [-0.2, 0) is 0 Å². The topological polar surface area (TPSA) is 59.4 Å². The van der Waals surface area contributed by atoms with Crippen molar-refractivity contribution in [1.29, 1.82) is 0 Å². The maximum atomic E-state index is 3.85. The second-order valence-electron chi connectivity index (χ2n) is 1.81. The molecule has 0 unspecified atom stereocenters. The quantitative estimate of drug-likeness (QED) is 0.598. The summed E-state index contributed by atoms with van der Waals surface area (Å²) >= 11 is 0. The van der Waals surface area contributed by atoms with Gasteiger partial charge in [-0.3, -0.25) is 4.57 Å². The Hall–Kier alpha value is -1.65. The van der Waals surface area contributed by atoms with Crippen molar-refractivity contribution in [3.05, 3.63) is 25.2 Å². The summed E-state index contributed by atoms with van der Waals surface area (Å²) < 4.78 is 1.74. The zero-order valence-electron chi connectivity index (χ0n) is 5.10. The van der Waals surface area contributed by atoms with Gasteiger partial charge in [0.1, 0.15) is 18.5 Å². The predicted octanol–water partition coefficient (Wildman–Crippen LogP) is -0.00960. The minimum Gasteiger partial charge on any atom is -0.331 e. The molecule has 2 aromatic heterocycles. The highest BCUT2D eigenvalue weighted by molar-refractivity contribution is 5.14. The van der Waals surface area contributed by atoms with Crippen molar-refractivity contribution < 1.29 is 0 Å². The van der Waals surface area contributed by atoms with E-state index in [1.165, 1.54) is 0 Å². The van der Waals surface area contributed by atoms with Crippen LogP contribution >= 0.6 is 0 Å². The van der Waals surface area contributed by atoms with Crippen molar-refractivity contribution in [2.24, 2.45) is 0 Å². The van der Waals surface area contributed by atoms with E-state index in [1.54, 1.807) is 29.7 Å². The summed E-state index contributed by atoms with van der Waals surface area (Å²) in [6.07, 6.45) is 6.51. The summed E-state index contributed by atoms with van der Waals surface area (Å²) in [6.45, 7) is 0. The van der Waals surface area contributed by atoms with Crippen LogP contribution in [0.5, 0.6) is 0 Å². The molecule has 5 nitrogen and oxygen atoms in total. The monoisotopic (exact) mass is 135 g/mol. The molecule has 1 N–H and O–H groups in total. The van der Waals surface area contributed by atoms with Crippen LogP contribution in [0.3, 0.4) is 0 Å². The Morgan fingerprint density at radius 3 is 2.70 bits per heavy atom. The van der Waals surface area contributed by atoms with Gasteiger partial charge < -0.3 is 4.98 Å². The van der Waals surface area contributed by atoms with Gasteiger partial charge in [-0.1, -0.05) is 0 Å². The third-order valence-corrected chi connectivity index (χ3v) is 1.18. The van der Waals surface area contributed by atoms with Gasteiger partial charge in [0.05, 0.1) is 12.5 Å². The molecule has 0 saturated heterocycles. The van der Waals surface area contributed by atoms with Gasteiger partial charge in [0.15, 0.2) is 0 Å². The van der Waals surface area contributed by atoms with E-state index in [0.717, 1.165) is 5.82 Å². The molecule has 0 fully saturated rings. The van der Waals surface area contributed by atoms with Crippen molar-refractivity contribution in [3.8, 4) is 5.82 Å². The van der Waals surface area contributed by atoms with Crippen LogP contribution in [0.1, 0.15) is 0 Å². The lowest BCUT2D eigenvalue weighted by Gasteiger charge is -1.90. The second-order valence-corrected chi connectivity index (χ2v) is 1.81. The van der Waals surface area contributed by atoms with E-state index >= 15 is 0 Å². The lowest BCUT2D eigenvalue weighted by atomic mass is 10.7. The van der Waals surface area contributed by atoms with Crippen molar-refractivity contribution in [2.75, 3.05) is 0 Å². The maximum absolute atomic E-state index is 3.85. The lowest BCUT2D eigenvalue weighted by Crippen LogP contribution is -1.88. The Morgan fingerprint density at radius 1 is 1.30 bits per heavy atom. The fourth-order valence-electron chi connectivity index (χ4n) is 0.715. The number of hydrogen-bond donors (Lipinski definition) is 1. The Bertz CT molecular complexity index is 249. The molecule has 0 aliphatic rings. The van der Waals surface area contributed by atoms with Crippen molar-refractivity contribution in [2.45, 2.75) is 0 Å². The molecule has 0 atom stereocenters. The maximum Gasteiger partial charge on any atom is 0.136 e. The summed E-state index contributed by atoms with van der Waals surface area (Å²) in [5.74, 6) is 0.866. The molecule has 0 bridgehead atoms. The van der Waals surface area contributed by atoms with E-state index in [0.29, 0.717) is 0 Å². The summed E-state index contributed by atoms with van der Waals surface area (Å²) in [6, 6.07) is 0. The highest BCUT2D eigenvalue weighted by Crippen LogP contribution is 1.96. The Kier molecular flexibility index (Phi) is 1.00. The van der Waals surface area contributed by atoms with E-state index in [-0.39, 0.29) is 0 Å². The molecule has 0 radical (unpaired) electrons. The number of nitrogens with one attached hydrogen (secondary N) is 1. The summed E-state index contributed by atoms with van der Waals surface area (Å²) in [5, 5.41) is 7.29. The van der Waals surface area contributed by atoms with Gasteiger partial charge in [-0.15, -0.1) is 10.2 Å². The first-order valence-corrected chi connectivity index (χ1v) is 2.80. The third kappa shape index (κ3) is 0.680. The van der Waals surface area contributed by atoms with Gasteiger partial charge >= 0.3 is 0 Å². The first-order valence-electron chi connectivity index (χ1n) is 2.80. The van der Waals surface area contributed by atoms with Gasteiger partial charge in [0, 0.05) is 0 Å². The van der Waals surface area contributed by atoms with Crippen LogP contribution in [0.2, 0.25) is 0 Å². The van der Waals surface area contributed by atoms with Crippen LogP contribution in [-0.4, -0.2) is 24.7 Å². The van der Waals surface area contributed by atoms with Crippen molar-refractivity contribution in [3.63, 3.8) is 0 Å². The number of rotatable bonds is 1. The summed E-state index contributed by atoms with van der Waals surface area (Å²) in [4.78, 5) is 6.76. The van der Waals surface area contributed by atoms with Crippen LogP contribution in [0, 0.1) is 0 Å². The molecule has 0 spiro atoms. The first-order chi connectivity index (χ1) is 4.97. The van der Waals surface area contributed by atoms with Gasteiger partial charge in [-0.05, 0) is 0 Å². The molecule has 0 aliphatic carbocycles. The zero-order chi connectivity index (χ0) is 6.81. The molecule has 0 aliphatic heterocycles. The van der Waals surface area contributed by atoms with E-state index in [1.807, 2.05) is 0 Å². The highest BCUT2D eigenvalue weighted by atomic mass is 15.3. The molecule has 5 heteroatoms. The zero-order valence-corrected chi connectivity index (χ0v) is 5.10. The lowest BCUT2D eigenvalue weighted by molar-refractivity contribution is 1.01. The molecule has 2 aromatic rings. The molecule has 50 valence electrons. The van der Waals surface area contributed by atoms with E-state index in [2.05, 4.69) is 20.2 Å². The number of aromatic amines is 1. The van der Waals surface area contributed by atoms with Crippen LogP contribution in [0.4, 0.5) is 0 Å². The van der Waals surface area contributed by atoms with E-state index in [4.69, 9.17) is 0 Å². The normalized spacial score (nSPS) is 10.0. The van der Waals surface area contributed by atoms with Crippen molar-refractivity contribution in [1.82, 2.24) is 24.7 Å². The van der Waals surface area contributed by atoms with Gasteiger partial charge in [0.25, 0.3) is 0 Å². The molecular formula is C5H5N5. The molecular weight excluding hydrogens is 130 g/mol. The average molecular weight is 135 g/mol.